The second-order valence-electron chi connectivity index (χ2n) is 6.64. The van der Waals surface area contributed by atoms with Crippen molar-refractivity contribution in [3.8, 4) is 11.5 Å². The highest BCUT2D eigenvalue weighted by molar-refractivity contribution is 7.87. The number of aryl methyl sites for hydroxylation is 1. The van der Waals surface area contributed by atoms with E-state index in [1.165, 1.54) is 12.1 Å². The van der Waals surface area contributed by atoms with Gasteiger partial charge in [-0.05, 0) is 68.1 Å². The van der Waals surface area contributed by atoms with E-state index in [9.17, 15) is 8.42 Å². The Morgan fingerprint density at radius 2 is 1.81 bits per heavy atom. The molecule has 1 heterocycles. The molecule has 0 spiro atoms. The molecule has 0 radical (unpaired) electrons. The molecule has 2 aromatic carbocycles. The molecule has 146 valence electrons. The molecule has 1 saturated heterocycles. The number of halogens is 1. The van der Waals surface area contributed by atoms with E-state index in [1.807, 2.05) is 13.0 Å². The second-order valence-corrected chi connectivity index (χ2v) is 8.56. The van der Waals surface area contributed by atoms with Gasteiger partial charge in [-0.25, -0.2) is 0 Å². The molecule has 0 aliphatic carbocycles. The van der Waals surface area contributed by atoms with Crippen molar-refractivity contribution in [2.75, 3.05) is 19.7 Å². The third kappa shape index (κ3) is 5.37. The predicted molar refractivity (Wildman–Crippen MR) is 106 cm³/mol. The van der Waals surface area contributed by atoms with Gasteiger partial charge in [-0.2, -0.15) is 8.42 Å². The van der Waals surface area contributed by atoms with Crippen LogP contribution < -0.4 is 14.2 Å². The number of nitrogens with one attached hydrogen (secondary N) is 1. The van der Waals surface area contributed by atoms with Crippen LogP contribution in [0.5, 0.6) is 11.5 Å². The van der Waals surface area contributed by atoms with Crippen LogP contribution in [0.3, 0.4) is 0 Å². The van der Waals surface area contributed by atoms with Gasteiger partial charge in [-0.3, -0.25) is 0 Å². The fraction of sp³-hybridized carbons (Fsp3) is 0.400. The molecule has 27 heavy (non-hydrogen) atoms. The Kier molecular flexibility index (Phi) is 6.63. The van der Waals surface area contributed by atoms with E-state index in [1.54, 1.807) is 24.3 Å². The van der Waals surface area contributed by atoms with Crippen molar-refractivity contribution in [3.05, 3.63) is 53.1 Å². The Hall–Kier alpha value is -1.76. The van der Waals surface area contributed by atoms with E-state index in [4.69, 9.17) is 20.5 Å². The van der Waals surface area contributed by atoms with Gasteiger partial charge in [0, 0.05) is 6.07 Å². The van der Waals surface area contributed by atoms with Crippen LogP contribution in [0.1, 0.15) is 25.3 Å². The standard InChI is InChI=1S/C20H24ClNO4S/c1-2-15-11-17(25-14-16-7-9-22-10-8-16)13-18(12-15)26-27(23,24)20-6-4-3-5-19(20)21/h3-6,11-13,16,22H,2,7-10,14H2,1H3. The van der Waals surface area contributed by atoms with E-state index in [0.717, 1.165) is 37.9 Å². The molecule has 0 amide bonds. The minimum absolute atomic E-state index is 0.0502. The van der Waals surface area contributed by atoms with Crippen LogP contribution in [0.25, 0.3) is 0 Å². The lowest BCUT2D eigenvalue weighted by molar-refractivity contribution is 0.215. The summed E-state index contributed by atoms with van der Waals surface area (Å²) in [6.45, 7) is 4.63. The normalized spacial score (nSPS) is 15.5. The Balaban J connectivity index is 1.77. The first-order valence-corrected chi connectivity index (χ1v) is 10.9. The molecule has 2 aromatic rings. The second kappa shape index (κ2) is 8.95. The molecule has 0 saturated carbocycles. The smallest absolute Gasteiger partial charge is 0.340 e. The molecule has 7 heteroatoms. The van der Waals surface area contributed by atoms with E-state index in [2.05, 4.69) is 5.32 Å². The third-order valence-corrected chi connectivity index (χ3v) is 6.35. The lowest BCUT2D eigenvalue weighted by Gasteiger charge is -2.23. The summed E-state index contributed by atoms with van der Waals surface area (Å²) in [5.74, 6) is 1.36. The molecule has 0 aromatic heterocycles. The van der Waals surface area contributed by atoms with Crippen LogP contribution in [0.2, 0.25) is 5.02 Å². The molecule has 0 bridgehead atoms. The van der Waals surface area contributed by atoms with E-state index >= 15 is 0 Å². The van der Waals surface area contributed by atoms with Crippen molar-refractivity contribution in [1.29, 1.82) is 0 Å². The third-order valence-electron chi connectivity index (χ3n) is 4.60. The molecule has 1 N–H and O–H groups in total. The lowest BCUT2D eigenvalue weighted by atomic mass is 9.99. The molecular weight excluding hydrogens is 386 g/mol. The lowest BCUT2D eigenvalue weighted by Crippen LogP contribution is -2.30. The zero-order valence-electron chi connectivity index (χ0n) is 15.3. The zero-order valence-corrected chi connectivity index (χ0v) is 16.9. The van der Waals surface area contributed by atoms with Gasteiger partial charge in [-0.1, -0.05) is 30.7 Å². The molecule has 0 atom stereocenters. The number of benzene rings is 2. The minimum atomic E-state index is -4.02. The summed E-state index contributed by atoms with van der Waals surface area (Å²) in [7, 11) is -4.02. The number of piperidine rings is 1. The number of rotatable bonds is 7. The Morgan fingerprint density at radius 1 is 1.11 bits per heavy atom. The van der Waals surface area contributed by atoms with Crippen molar-refractivity contribution in [1.82, 2.24) is 5.32 Å². The first-order chi connectivity index (χ1) is 13.0. The summed E-state index contributed by atoms with van der Waals surface area (Å²) < 4.78 is 36.5. The summed E-state index contributed by atoms with van der Waals surface area (Å²) in [4.78, 5) is -0.0502. The fourth-order valence-corrected chi connectivity index (χ4v) is 4.46. The van der Waals surface area contributed by atoms with Crippen LogP contribution in [-0.4, -0.2) is 28.1 Å². The van der Waals surface area contributed by atoms with Gasteiger partial charge in [0.25, 0.3) is 0 Å². The zero-order chi connectivity index (χ0) is 19.3. The molecule has 1 aliphatic rings. The summed E-state index contributed by atoms with van der Waals surface area (Å²) in [5.41, 5.74) is 0.946. The van der Waals surface area contributed by atoms with Crippen molar-refractivity contribution in [3.63, 3.8) is 0 Å². The topological polar surface area (TPSA) is 64.6 Å². The van der Waals surface area contributed by atoms with Crippen LogP contribution in [0, 0.1) is 5.92 Å². The van der Waals surface area contributed by atoms with Crippen LogP contribution in [0.15, 0.2) is 47.4 Å². The Labute approximate surface area is 165 Å². The number of hydrogen-bond acceptors (Lipinski definition) is 5. The van der Waals surface area contributed by atoms with Gasteiger partial charge in [0.2, 0.25) is 0 Å². The molecule has 1 aliphatic heterocycles. The Morgan fingerprint density at radius 3 is 2.52 bits per heavy atom. The van der Waals surface area contributed by atoms with E-state index in [0.29, 0.717) is 18.3 Å². The largest absolute Gasteiger partial charge is 0.493 e. The van der Waals surface area contributed by atoms with Crippen LogP contribution >= 0.6 is 11.6 Å². The van der Waals surface area contributed by atoms with Crippen LogP contribution in [-0.2, 0) is 16.5 Å². The highest BCUT2D eigenvalue weighted by Gasteiger charge is 2.21. The van der Waals surface area contributed by atoms with E-state index < -0.39 is 10.1 Å². The summed E-state index contributed by atoms with van der Waals surface area (Å²) in [6.07, 6.45) is 2.91. The van der Waals surface area contributed by atoms with Crippen molar-refractivity contribution >= 4 is 21.7 Å². The maximum absolute atomic E-state index is 12.6. The van der Waals surface area contributed by atoms with Gasteiger partial charge >= 0.3 is 10.1 Å². The maximum atomic E-state index is 12.6. The number of hydrogen-bond donors (Lipinski definition) is 1. The van der Waals surface area contributed by atoms with Crippen LogP contribution in [0.4, 0.5) is 0 Å². The first-order valence-electron chi connectivity index (χ1n) is 9.14. The maximum Gasteiger partial charge on any atom is 0.340 e. The van der Waals surface area contributed by atoms with Crippen molar-refractivity contribution in [2.24, 2.45) is 5.92 Å². The number of ether oxygens (including phenoxy) is 1. The van der Waals surface area contributed by atoms with Gasteiger partial charge in [0.1, 0.15) is 16.4 Å². The summed E-state index contributed by atoms with van der Waals surface area (Å²) in [6, 6.07) is 11.5. The average molecular weight is 410 g/mol. The average Bonchev–Trinajstić information content (AvgIpc) is 2.67. The molecular formula is C20H24ClNO4S. The highest BCUT2D eigenvalue weighted by atomic mass is 35.5. The first kappa shape index (κ1) is 20.0. The molecule has 1 fully saturated rings. The van der Waals surface area contributed by atoms with Crippen molar-refractivity contribution < 1.29 is 17.3 Å². The molecule has 0 unspecified atom stereocenters. The van der Waals surface area contributed by atoms with Gasteiger partial charge in [-0.15, -0.1) is 0 Å². The van der Waals surface area contributed by atoms with Gasteiger partial charge in [0.05, 0.1) is 11.6 Å². The van der Waals surface area contributed by atoms with E-state index in [-0.39, 0.29) is 15.7 Å². The molecule has 5 nitrogen and oxygen atoms in total. The predicted octanol–water partition coefficient (Wildman–Crippen LogP) is 4.05. The SMILES string of the molecule is CCc1cc(OCC2CCNCC2)cc(OS(=O)(=O)c2ccccc2Cl)c1. The quantitative estimate of drug-likeness (QED) is 0.699. The Bertz CT molecular complexity index is 879. The summed E-state index contributed by atoms with van der Waals surface area (Å²) >= 11 is 6.01. The van der Waals surface area contributed by atoms with Crippen molar-refractivity contribution in [2.45, 2.75) is 31.1 Å². The molecule has 3 rings (SSSR count). The minimum Gasteiger partial charge on any atom is -0.493 e. The highest BCUT2D eigenvalue weighted by Crippen LogP contribution is 2.29. The summed E-state index contributed by atoms with van der Waals surface area (Å²) in [5, 5.41) is 3.46. The van der Waals surface area contributed by atoms with Gasteiger partial charge < -0.3 is 14.2 Å². The fourth-order valence-electron chi connectivity index (χ4n) is 3.05. The van der Waals surface area contributed by atoms with Gasteiger partial charge in [0.15, 0.2) is 0 Å². The monoisotopic (exact) mass is 409 g/mol.